The number of nitrogens with two attached hydrogens (primary N) is 1. The van der Waals surface area contributed by atoms with E-state index in [1.807, 2.05) is 55.5 Å². The maximum Gasteiger partial charge on any atom is 0.149 e. The van der Waals surface area contributed by atoms with Crippen molar-refractivity contribution in [2.45, 2.75) is 19.4 Å². The summed E-state index contributed by atoms with van der Waals surface area (Å²) in [5.74, 6) is 6.90. The van der Waals surface area contributed by atoms with Crippen molar-refractivity contribution in [1.82, 2.24) is 0 Å². The first-order chi connectivity index (χ1) is 10.1. The summed E-state index contributed by atoms with van der Waals surface area (Å²) in [6.45, 7) is 2.36. The molecular formula is C18H18BrNO. The number of rotatable bonds is 4. The molecule has 21 heavy (non-hydrogen) atoms. The summed E-state index contributed by atoms with van der Waals surface area (Å²) in [6.07, 6.45) is 0.813. The molecule has 1 unspecified atom stereocenters. The second-order valence-electron chi connectivity index (χ2n) is 4.89. The second-order valence-corrected chi connectivity index (χ2v) is 5.75. The van der Waals surface area contributed by atoms with Crippen molar-refractivity contribution in [2.24, 2.45) is 5.73 Å². The molecule has 2 aromatic rings. The number of hydrogen-bond donors (Lipinski definition) is 1. The largest absolute Gasteiger partial charge is 0.481 e. The second kappa shape index (κ2) is 7.87. The van der Waals surface area contributed by atoms with Gasteiger partial charge in [-0.15, -0.1) is 0 Å². The third-order valence-corrected chi connectivity index (χ3v) is 3.65. The Morgan fingerprint density at radius 3 is 2.67 bits per heavy atom. The van der Waals surface area contributed by atoms with Gasteiger partial charge in [-0.3, -0.25) is 0 Å². The SMILES string of the molecule is CC(N)Cc1cc(OCC#Cc2ccccc2)ccc1Br. The van der Waals surface area contributed by atoms with E-state index in [1.165, 1.54) is 0 Å². The van der Waals surface area contributed by atoms with Crippen LogP contribution in [0.3, 0.4) is 0 Å². The molecule has 3 heteroatoms. The fourth-order valence-electron chi connectivity index (χ4n) is 1.92. The van der Waals surface area contributed by atoms with Crippen LogP contribution in [0.4, 0.5) is 0 Å². The van der Waals surface area contributed by atoms with E-state index in [2.05, 4.69) is 27.8 Å². The number of benzene rings is 2. The Labute approximate surface area is 134 Å². The van der Waals surface area contributed by atoms with Crippen LogP contribution in [0.2, 0.25) is 0 Å². The zero-order valence-electron chi connectivity index (χ0n) is 12.0. The average molecular weight is 344 g/mol. The van der Waals surface area contributed by atoms with Gasteiger partial charge in [-0.05, 0) is 49.2 Å². The van der Waals surface area contributed by atoms with Gasteiger partial charge in [0, 0.05) is 16.1 Å². The highest BCUT2D eigenvalue weighted by molar-refractivity contribution is 9.10. The Morgan fingerprint density at radius 1 is 1.19 bits per heavy atom. The summed E-state index contributed by atoms with van der Waals surface area (Å²) >= 11 is 3.53. The van der Waals surface area contributed by atoms with Crippen molar-refractivity contribution in [3.8, 4) is 17.6 Å². The Balaban J connectivity index is 1.96. The van der Waals surface area contributed by atoms with Crippen molar-refractivity contribution in [3.05, 3.63) is 64.1 Å². The van der Waals surface area contributed by atoms with E-state index in [-0.39, 0.29) is 6.04 Å². The molecule has 0 aliphatic rings. The smallest absolute Gasteiger partial charge is 0.149 e. The molecule has 0 aliphatic carbocycles. The van der Waals surface area contributed by atoms with Gasteiger partial charge >= 0.3 is 0 Å². The van der Waals surface area contributed by atoms with E-state index >= 15 is 0 Å². The predicted molar refractivity (Wildman–Crippen MR) is 90.3 cm³/mol. The first-order valence-electron chi connectivity index (χ1n) is 6.86. The highest BCUT2D eigenvalue weighted by Crippen LogP contribution is 2.23. The molecule has 108 valence electrons. The molecule has 2 nitrogen and oxygen atoms in total. The fourth-order valence-corrected chi connectivity index (χ4v) is 2.33. The van der Waals surface area contributed by atoms with Crippen LogP contribution in [-0.2, 0) is 6.42 Å². The van der Waals surface area contributed by atoms with Crippen molar-refractivity contribution in [1.29, 1.82) is 0 Å². The molecule has 1 atom stereocenters. The van der Waals surface area contributed by atoms with Crippen LogP contribution >= 0.6 is 15.9 Å². The molecule has 0 radical (unpaired) electrons. The summed E-state index contributed by atoms with van der Waals surface area (Å²) < 4.78 is 6.73. The lowest BCUT2D eigenvalue weighted by Crippen LogP contribution is -2.18. The number of hydrogen-bond acceptors (Lipinski definition) is 2. The summed E-state index contributed by atoms with van der Waals surface area (Å²) in [5.41, 5.74) is 7.99. The minimum Gasteiger partial charge on any atom is -0.481 e. The van der Waals surface area contributed by atoms with Crippen LogP contribution in [0, 0.1) is 11.8 Å². The van der Waals surface area contributed by atoms with E-state index in [1.54, 1.807) is 0 Å². The van der Waals surface area contributed by atoms with Gasteiger partial charge in [-0.1, -0.05) is 46.0 Å². The first-order valence-corrected chi connectivity index (χ1v) is 7.65. The molecule has 0 aromatic heterocycles. The maximum absolute atomic E-state index is 5.85. The van der Waals surface area contributed by atoms with Crippen LogP contribution in [0.1, 0.15) is 18.1 Å². The molecule has 0 amide bonds. The third-order valence-electron chi connectivity index (χ3n) is 2.88. The minimum absolute atomic E-state index is 0.120. The van der Waals surface area contributed by atoms with E-state index in [0.29, 0.717) is 6.61 Å². The molecule has 0 aliphatic heterocycles. The zero-order valence-corrected chi connectivity index (χ0v) is 13.6. The van der Waals surface area contributed by atoms with Crippen molar-refractivity contribution >= 4 is 15.9 Å². The van der Waals surface area contributed by atoms with Crippen LogP contribution in [-0.4, -0.2) is 12.6 Å². The summed E-state index contributed by atoms with van der Waals surface area (Å²) in [7, 11) is 0. The zero-order chi connectivity index (χ0) is 15.1. The first kappa shape index (κ1) is 15.6. The summed E-state index contributed by atoms with van der Waals surface area (Å²) in [5, 5.41) is 0. The number of ether oxygens (including phenoxy) is 1. The number of halogens is 1. The summed E-state index contributed by atoms with van der Waals surface area (Å²) in [6, 6.07) is 15.9. The molecule has 0 saturated carbocycles. The van der Waals surface area contributed by atoms with Crippen LogP contribution in [0.15, 0.2) is 53.0 Å². The van der Waals surface area contributed by atoms with Crippen molar-refractivity contribution < 1.29 is 4.74 Å². The lowest BCUT2D eigenvalue weighted by Gasteiger charge is -2.10. The predicted octanol–water partition coefficient (Wildman–Crippen LogP) is 3.77. The maximum atomic E-state index is 5.85. The van der Waals surface area contributed by atoms with Gasteiger partial charge in [0.25, 0.3) is 0 Å². The molecule has 0 bridgehead atoms. The van der Waals surface area contributed by atoms with E-state index in [4.69, 9.17) is 10.5 Å². The van der Waals surface area contributed by atoms with Gasteiger partial charge in [0.15, 0.2) is 0 Å². The Kier molecular flexibility index (Phi) is 5.86. The van der Waals surface area contributed by atoms with Gasteiger partial charge in [0.2, 0.25) is 0 Å². The highest BCUT2D eigenvalue weighted by Gasteiger charge is 2.05. The van der Waals surface area contributed by atoms with Gasteiger partial charge < -0.3 is 10.5 Å². The normalized spacial score (nSPS) is 11.4. The Hall–Kier alpha value is -1.76. The quantitative estimate of drug-likeness (QED) is 0.857. The lowest BCUT2D eigenvalue weighted by atomic mass is 10.1. The molecule has 2 N–H and O–H groups in total. The molecule has 2 aromatic carbocycles. The third kappa shape index (κ3) is 5.26. The highest BCUT2D eigenvalue weighted by atomic mass is 79.9. The van der Waals surface area contributed by atoms with E-state index in [0.717, 1.165) is 27.8 Å². The van der Waals surface area contributed by atoms with Gasteiger partial charge in [-0.25, -0.2) is 0 Å². The Bertz CT molecular complexity index is 641. The van der Waals surface area contributed by atoms with E-state index < -0.39 is 0 Å². The van der Waals surface area contributed by atoms with E-state index in [9.17, 15) is 0 Å². The summed E-state index contributed by atoms with van der Waals surface area (Å²) in [4.78, 5) is 0. The van der Waals surface area contributed by atoms with Gasteiger partial charge in [0.05, 0.1) is 0 Å². The van der Waals surface area contributed by atoms with Crippen molar-refractivity contribution in [2.75, 3.05) is 6.61 Å². The van der Waals surface area contributed by atoms with Crippen LogP contribution in [0.5, 0.6) is 5.75 Å². The fraction of sp³-hybridized carbons (Fsp3) is 0.222. The monoisotopic (exact) mass is 343 g/mol. The molecule has 0 heterocycles. The van der Waals surface area contributed by atoms with Gasteiger partial charge in [-0.2, -0.15) is 0 Å². The van der Waals surface area contributed by atoms with Gasteiger partial charge in [0.1, 0.15) is 12.4 Å². The average Bonchev–Trinajstić information content (AvgIpc) is 2.47. The topological polar surface area (TPSA) is 35.2 Å². The van der Waals surface area contributed by atoms with Crippen LogP contribution in [0.25, 0.3) is 0 Å². The molecular weight excluding hydrogens is 326 g/mol. The molecule has 0 saturated heterocycles. The molecule has 2 rings (SSSR count). The standard InChI is InChI=1S/C18H18BrNO/c1-14(20)12-16-13-17(9-10-18(16)19)21-11-5-8-15-6-3-2-4-7-15/h2-4,6-7,9-10,13-14H,11-12,20H2,1H3. The van der Waals surface area contributed by atoms with Crippen molar-refractivity contribution in [3.63, 3.8) is 0 Å². The molecule has 0 spiro atoms. The lowest BCUT2D eigenvalue weighted by molar-refractivity contribution is 0.369. The molecule has 0 fully saturated rings. The Morgan fingerprint density at radius 2 is 1.95 bits per heavy atom. The minimum atomic E-state index is 0.120. The van der Waals surface area contributed by atoms with Crippen LogP contribution < -0.4 is 10.5 Å².